The van der Waals surface area contributed by atoms with Crippen LogP contribution in [0.3, 0.4) is 0 Å². The summed E-state index contributed by atoms with van der Waals surface area (Å²) >= 11 is 0. The van der Waals surface area contributed by atoms with E-state index in [9.17, 15) is 26.3 Å². The predicted octanol–water partition coefficient (Wildman–Crippen LogP) is 3.87. The van der Waals surface area contributed by atoms with Crippen molar-refractivity contribution in [1.29, 1.82) is 0 Å². The molecule has 0 aromatic carbocycles. The molecule has 0 fully saturated rings. The molecule has 2 aromatic rings. The third-order valence-electron chi connectivity index (χ3n) is 2.71. The highest BCUT2D eigenvalue weighted by molar-refractivity contribution is 5.32. The van der Waals surface area contributed by atoms with Crippen LogP contribution in [-0.2, 0) is 18.8 Å². The van der Waals surface area contributed by atoms with Crippen LogP contribution in [0.2, 0.25) is 0 Å². The van der Waals surface area contributed by atoms with Crippen LogP contribution in [0.4, 0.5) is 26.3 Å². The average Bonchev–Trinajstić information content (AvgIpc) is 2.83. The van der Waals surface area contributed by atoms with Crippen LogP contribution < -0.4 is 0 Å². The van der Waals surface area contributed by atoms with Crippen LogP contribution in [0.15, 0.2) is 24.5 Å². The Hall–Kier alpha value is -2.06. The summed E-state index contributed by atoms with van der Waals surface area (Å²) in [7, 11) is 0. The van der Waals surface area contributed by atoms with Gasteiger partial charge in [0, 0.05) is 5.69 Å². The Kier molecular flexibility index (Phi) is 3.68. The summed E-state index contributed by atoms with van der Waals surface area (Å²) in [5.41, 5.74) is -3.39. The number of rotatable bonds is 2. The maximum atomic E-state index is 13.0. The van der Waals surface area contributed by atoms with Crippen molar-refractivity contribution >= 4 is 0 Å². The van der Waals surface area contributed by atoms with Crippen molar-refractivity contribution < 1.29 is 26.3 Å². The first-order valence-corrected chi connectivity index (χ1v) is 5.82. The molecule has 0 radical (unpaired) electrons. The van der Waals surface area contributed by atoms with E-state index in [1.807, 2.05) is 0 Å². The quantitative estimate of drug-likeness (QED) is 0.789. The van der Waals surface area contributed by atoms with Gasteiger partial charge in [0.15, 0.2) is 11.4 Å². The van der Waals surface area contributed by atoms with Crippen molar-refractivity contribution in [2.45, 2.75) is 25.7 Å². The Morgan fingerprint density at radius 2 is 1.71 bits per heavy atom. The summed E-state index contributed by atoms with van der Waals surface area (Å²) in [6.07, 6.45) is -9.48. The minimum Gasteiger partial charge on any atom is -0.278 e. The topological polar surface area (TPSA) is 30.7 Å². The number of alkyl halides is 6. The van der Waals surface area contributed by atoms with Crippen LogP contribution in [-0.4, -0.2) is 14.5 Å². The number of nitrogens with zero attached hydrogens (tertiary/aromatic N) is 3. The summed E-state index contributed by atoms with van der Waals surface area (Å²) in [6.45, 7) is 1.73. The summed E-state index contributed by atoms with van der Waals surface area (Å²) in [4.78, 5) is 6.75. The molecule has 114 valence electrons. The monoisotopic (exact) mass is 309 g/mol. The molecule has 9 heteroatoms. The molecular weight excluding hydrogens is 300 g/mol. The SMILES string of the molecule is CCc1cccc(-n2cnc(C(F)(F)F)c2C(F)(F)F)n1. The Labute approximate surface area is 115 Å². The van der Waals surface area contributed by atoms with Crippen LogP contribution in [0.1, 0.15) is 24.0 Å². The number of aryl methyl sites for hydroxylation is 1. The lowest BCUT2D eigenvalue weighted by Gasteiger charge is -2.14. The van der Waals surface area contributed by atoms with E-state index >= 15 is 0 Å². The molecule has 0 N–H and O–H groups in total. The fourth-order valence-electron chi connectivity index (χ4n) is 1.80. The standard InChI is InChI=1S/C12H9F6N3/c1-2-7-4-3-5-8(20-7)21-6-19-9(11(13,14)15)10(21)12(16,17)18/h3-6H,2H2,1H3. The van der Waals surface area contributed by atoms with Gasteiger partial charge in [-0.1, -0.05) is 13.0 Å². The Morgan fingerprint density at radius 1 is 1.05 bits per heavy atom. The van der Waals surface area contributed by atoms with Gasteiger partial charge in [0.05, 0.1) is 0 Å². The van der Waals surface area contributed by atoms with E-state index in [0.29, 0.717) is 23.0 Å². The van der Waals surface area contributed by atoms with Crippen molar-refractivity contribution in [3.63, 3.8) is 0 Å². The molecule has 0 atom stereocenters. The second-order valence-corrected chi connectivity index (χ2v) is 4.15. The molecule has 3 nitrogen and oxygen atoms in total. The van der Waals surface area contributed by atoms with E-state index in [-0.39, 0.29) is 5.82 Å². The number of halogens is 6. The van der Waals surface area contributed by atoms with Crippen LogP contribution >= 0.6 is 0 Å². The van der Waals surface area contributed by atoms with Gasteiger partial charge >= 0.3 is 12.4 Å². The molecule has 2 aromatic heterocycles. The van der Waals surface area contributed by atoms with Gasteiger partial charge in [-0.05, 0) is 18.6 Å². The van der Waals surface area contributed by atoms with Crippen molar-refractivity contribution in [2.24, 2.45) is 0 Å². The van der Waals surface area contributed by atoms with Gasteiger partial charge in [-0.3, -0.25) is 4.57 Å². The van der Waals surface area contributed by atoms with E-state index < -0.39 is 23.7 Å². The van der Waals surface area contributed by atoms with E-state index in [1.165, 1.54) is 12.1 Å². The minimum absolute atomic E-state index is 0.260. The van der Waals surface area contributed by atoms with E-state index in [2.05, 4.69) is 9.97 Å². The first-order chi connectivity index (χ1) is 9.64. The zero-order chi connectivity index (χ0) is 15.8. The molecule has 0 saturated carbocycles. The Bertz CT molecular complexity index is 641. The highest BCUT2D eigenvalue weighted by Gasteiger charge is 2.48. The van der Waals surface area contributed by atoms with E-state index in [0.717, 1.165) is 0 Å². The molecule has 2 heterocycles. The Morgan fingerprint density at radius 3 is 2.24 bits per heavy atom. The molecular formula is C12H9F6N3. The first-order valence-electron chi connectivity index (χ1n) is 5.82. The number of aromatic nitrogens is 3. The highest BCUT2D eigenvalue weighted by atomic mass is 19.4. The van der Waals surface area contributed by atoms with Crippen molar-refractivity contribution in [1.82, 2.24) is 14.5 Å². The molecule has 0 amide bonds. The lowest BCUT2D eigenvalue weighted by Crippen LogP contribution is -2.19. The second kappa shape index (κ2) is 5.05. The molecule has 0 aliphatic rings. The lowest BCUT2D eigenvalue weighted by atomic mass is 10.2. The van der Waals surface area contributed by atoms with Crippen LogP contribution in [0, 0.1) is 0 Å². The van der Waals surface area contributed by atoms with Gasteiger partial charge in [-0.25, -0.2) is 9.97 Å². The van der Waals surface area contributed by atoms with E-state index in [4.69, 9.17) is 0 Å². The fourth-order valence-corrected chi connectivity index (χ4v) is 1.80. The number of hydrogen-bond donors (Lipinski definition) is 0. The summed E-state index contributed by atoms with van der Waals surface area (Å²) in [6, 6.07) is 4.18. The summed E-state index contributed by atoms with van der Waals surface area (Å²) in [5.74, 6) is -0.260. The van der Waals surface area contributed by atoms with E-state index in [1.54, 1.807) is 13.0 Å². The highest BCUT2D eigenvalue weighted by Crippen LogP contribution is 2.40. The predicted molar refractivity (Wildman–Crippen MR) is 60.7 cm³/mol. The number of hydrogen-bond acceptors (Lipinski definition) is 2. The van der Waals surface area contributed by atoms with Crippen LogP contribution in [0.25, 0.3) is 5.82 Å². The molecule has 0 bridgehead atoms. The maximum Gasteiger partial charge on any atom is 0.435 e. The third-order valence-corrected chi connectivity index (χ3v) is 2.71. The fraction of sp³-hybridized carbons (Fsp3) is 0.333. The molecule has 2 rings (SSSR count). The molecule has 0 unspecified atom stereocenters. The zero-order valence-electron chi connectivity index (χ0n) is 10.6. The molecule has 0 spiro atoms. The number of pyridine rings is 1. The second-order valence-electron chi connectivity index (χ2n) is 4.15. The molecule has 0 saturated heterocycles. The largest absolute Gasteiger partial charge is 0.435 e. The lowest BCUT2D eigenvalue weighted by molar-refractivity contribution is -0.166. The van der Waals surface area contributed by atoms with Crippen molar-refractivity contribution in [3.05, 3.63) is 41.6 Å². The van der Waals surface area contributed by atoms with Crippen molar-refractivity contribution in [2.75, 3.05) is 0 Å². The van der Waals surface area contributed by atoms with Gasteiger partial charge in [-0.15, -0.1) is 0 Å². The number of imidazole rings is 1. The summed E-state index contributed by atoms with van der Waals surface area (Å²) < 4.78 is 77.1. The normalized spacial score (nSPS) is 12.7. The first kappa shape index (κ1) is 15.3. The van der Waals surface area contributed by atoms with Gasteiger partial charge < -0.3 is 0 Å². The zero-order valence-corrected chi connectivity index (χ0v) is 10.6. The van der Waals surface area contributed by atoms with Gasteiger partial charge in [0.2, 0.25) is 0 Å². The smallest absolute Gasteiger partial charge is 0.278 e. The molecule has 0 aliphatic carbocycles. The summed E-state index contributed by atoms with van der Waals surface area (Å²) in [5, 5.41) is 0. The Balaban J connectivity index is 2.67. The van der Waals surface area contributed by atoms with Gasteiger partial charge in [0.25, 0.3) is 0 Å². The van der Waals surface area contributed by atoms with Crippen molar-refractivity contribution in [3.8, 4) is 5.82 Å². The molecule has 0 aliphatic heterocycles. The third kappa shape index (κ3) is 3.01. The average molecular weight is 309 g/mol. The molecule has 21 heavy (non-hydrogen) atoms. The van der Waals surface area contributed by atoms with Crippen LogP contribution in [0.5, 0.6) is 0 Å². The minimum atomic E-state index is -5.20. The maximum absolute atomic E-state index is 13.0. The van der Waals surface area contributed by atoms with Gasteiger partial charge in [0.1, 0.15) is 12.1 Å². The van der Waals surface area contributed by atoms with Gasteiger partial charge in [-0.2, -0.15) is 26.3 Å².